The maximum Gasteiger partial charge on any atom is 0.267 e. The van der Waals surface area contributed by atoms with Gasteiger partial charge in [0.05, 0.1) is 19.0 Å². The Balaban J connectivity index is 1.37. The van der Waals surface area contributed by atoms with E-state index in [9.17, 15) is 8.42 Å². The number of nitrogens with one attached hydrogen (secondary N) is 1. The monoisotopic (exact) mass is 534 g/mol. The van der Waals surface area contributed by atoms with Gasteiger partial charge in [0.15, 0.2) is 0 Å². The van der Waals surface area contributed by atoms with Gasteiger partial charge < -0.3 is 9.47 Å². The van der Waals surface area contributed by atoms with Crippen LogP contribution in [-0.2, 0) is 23.6 Å². The van der Waals surface area contributed by atoms with Crippen molar-refractivity contribution in [1.82, 2.24) is 24.6 Å². The summed E-state index contributed by atoms with van der Waals surface area (Å²) in [5.41, 5.74) is 4.69. The van der Waals surface area contributed by atoms with E-state index in [1.165, 1.54) is 17.1 Å². The van der Waals surface area contributed by atoms with Gasteiger partial charge in [0.2, 0.25) is 11.8 Å². The molecule has 0 saturated carbocycles. The first-order valence-corrected chi connectivity index (χ1v) is 13.7. The molecule has 10 nitrogen and oxygen atoms in total. The summed E-state index contributed by atoms with van der Waals surface area (Å²) in [5.74, 6) is 1.08. The zero-order valence-corrected chi connectivity index (χ0v) is 22.6. The average molecular weight is 535 g/mol. The second-order valence-electron chi connectivity index (χ2n) is 9.42. The van der Waals surface area contributed by atoms with Crippen LogP contribution in [0.3, 0.4) is 0 Å². The van der Waals surface area contributed by atoms with Crippen LogP contribution in [0, 0.1) is 13.8 Å². The largest absolute Gasteiger partial charge is 0.497 e. The number of aromatic nitrogens is 4. The smallest absolute Gasteiger partial charge is 0.267 e. The molecule has 1 fully saturated rings. The van der Waals surface area contributed by atoms with Gasteiger partial charge in [0, 0.05) is 44.5 Å². The van der Waals surface area contributed by atoms with Gasteiger partial charge in [0.1, 0.15) is 16.7 Å². The number of ether oxygens (including phenoxy) is 2. The lowest BCUT2D eigenvalue weighted by atomic mass is 10.00. The van der Waals surface area contributed by atoms with Gasteiger partial charge in [-0.3, -0.25) is 9.58 Å². The Morgan fingerprint density at radius 3 is 2.47 bits per heavy atom. The number of anilines is 1. The average Bonchev–Trinajstić information content (AvgIpc) is 3.30. The van der Waals surface area contributed by atoms with Crippen LogP contribution < -0.4 is 14.2 Å². The van der Waals surface area contributed by atoms with Crippen molar-refractivity contribution in [3.8, 4) is 22.9 Å². The summed E-state index contributed by atoms with van der Waals surface area (Å²) < 4.78 is 41.4. The minimum atomic E-state index is -3.93. The third-order valence-corrected chi connectivity index (χ3v) is 7.69. The van der Waals surface area contributed by atoms with E-state index in [0.717, 1.165) is 47.6 Å². The first-order chi connectivity index (χ1) is 18.2. The molecular weight excluding hydrogens is 504 g/mol. The number of methoxy groups -OCH3 is 1. The molecule has 5 rings (SSSR count). The molecule has 0 spiro atoms. The number of hydrogen-bond donors (Lipinski definition) is 1. The van der Waals surface area contributed by atoms with Gasteiger partial charge in [-0.05, 0) is 42.7 Å². The van der Waals surface area contributed by atoms with Crippen LogP contribution in [0.2, 0.25) is 0 Å². The maximum atomic E-state index is 13.0. The Kier molecular flexibility index (Phi) is 7.04. The molecule has 0 radical (unpaired) electrons. The van der Waals surface area contributed by atoms with Crippen molar-refractivity contribution >= 4 is 16.0 Å². The zero-order chi connectivity index (χ0) is 26.9. The highest BCUT2D eigenvalue weighted by Gasteiger charge is 2.29. The van der Waals surface area contributed by atoms with Crippen LogP contribution in [0.15, 0.2) is 65.8 Å². The third-order valence-electron chi connectivity index (χ3n) is 6.41. The predicted octanol–water partition coefficient (Wildman–Crippen LogP) is 3.57. The van der Waals surface area contributed by atoms with Crippen LogP contribution in [-0.4, -0.2) is 59.4 Å². The zero-order valence-electron chi connectivity index (χ0n) is 21.7. The van der Waals surface area contributed by atoms with E-state index in [2.05, 4.69) is 30.8 Å². The maximum absolute atomic E-state index is 13.0. The summed E-state index contributed by atoms with van der Waals surface area (Å²) in [6.07, 6.45) is 2.62. The third kappa shape index (κ3) is 5.63. The Hall–Kier alpha value is -3.96. The van der Waals surface area contributed by atoms with Gasteiger partial charge in [-0.1, -0.05) is 30.3 Å². The number of sulfonamides is 1. The van der Waals surface area contributed by atoms with Gasteiger partial charge in [-0.15, -0.1) is 0 Å². The summed E-state index contributed by atoms with van der Waals surface area (Å²) in [5, 5.41) is 3.96. The fourth-order valence-corrected chi connectivity index (χ4v) is 5.45. The number of nitrogens with zero attached hydrogens (tertiary/aromatic N) is 5. The van der Waals surface area contributed by atoms with Gasteiger partial charge in [0.25, 0.3) is 10.0 Å². The summed E-state index contributed by atoms with van der Waals surface area (Å²) in [6.45, 7) is 6.21. The fourth-order valence-electron chi connectivity index (χ4n) is 4.52. The molecule has 1 aliphatic rings. The van der Waals surface area contributed by atoms with Crippen LogP contribution in [0.1, 0.15) is 16.7 Å². The minimum Gasteiger partial charge on any atom is -0.497 e. The Morgan fingerprint density at radius 2 is 1.79 bits per heavy atom. The minimum absolute atomic E-state index is 0.0238. The standard InChI is InChI=1S/C27H30N6O4S/c1-18-7-5-8-19(2)26(18)24-12-25(30-27(29-24)31-38(34,35)23-13-28-32(3)17-23)37-22-15-33(16-22)14-20-9-6-10-21(11-20)36-4/h5-13,17,22H,14-16H2,1-4H3,(H,29,30,31). The molecule has 0 atom stereocenters. The molecule has 1 aliphatic heterocycles. The molecule has 2 aromatic heterocycles. The number of benzene rings is 2. The van der Waals surface area contributed by atoms with E-state index in [1.807, 2.05) is 50.2 Å². The van der Waals surface area contributed by atoms with Gasteiger partial charge in [-0.2, -0.15) is 10.1 Å². The molecule has 198 valence electrons. The second-order valence-corrected chi connectivity index (χ2v) is 11.1. The Labute approximate surface area is 222 Å². The van der Waals surface area contributed by atoms with Crippen molar-refractivity contribution in [3.05, 3.63) is 77.6 Å². The molecule has 38 heavy (non-hydrogen) atoms. The number of likely N-dealkylation sites (tertiary alicyclic amines) is 1. The molecule has 0 unspecified atom stereocenters. The normalized spacial score (nSPS) is 14.2. The van der Waals surface area contributed by atoms with Crippen molar-refractivity contribution in [2.24, 2.45) is 7.05 Å². The molecule has 4 aromatic rings. The topological polar surface area (TPSA) is 111 Å². The Bertz CT molecular complexity index is 1540. The number of hydrogen-bond acceptors (Lipinski definition) is 8. The SMILES string of the molecule is COc1cccc(CN2CC(Oc3cc(-c4c(C)cccc4C)nc(NS(=O)(=O)c4cnn(C)c4)n3)C2)c1. The fraction of sp³-hybridized carbons (Fsp3) is 0.296. The van der Waals surface area contributed by atoms with Crippen molar-refractivity contribution in [1.29, 1.82) is 0 Å². The summed E-state index contributed by atoms with van der Waals surface area (Å²) in [7, 11) is -0.619. The van der Waals surface area contributed by atoms with Crippen LogP contribution in [0.5, 0.6) is 11.6 Å². The van der Waals surface area contributed by atoms with Crippen molar-refractivity contribution in [3.63, 3.8) is 0 Å². The van der Waals surface area contributed by atoms with E-state index < -0.39 is 10.0 Å². The Morgan fingerprint density at radius 1 is 1.05 bits per heavy atom. The summed E-state index contributed by atoms with van der Waals surface area (Å²) >= 11 is 0. The molecule has 11 heteroatoms. The van der Waals surface area contributed by atoms with E-state index in [0.29, 0.717) is 11.6 Å². The molecule has 1 saturated heterocycles. The quantitative estimate of drug-likeness (QED) is 0.347. The summed E-state index contributed by atoms with van der Waals surface area (Å²) in [4.78, 5) is 11.2. The van der Waals surface area contributed by atoms with Gasteiger partial charge >= 0.3 is 0 Å². The predicted molar refractivity (Wildman–Crippen MR) is 144 cm³/mol. The van der Waals surface area contributed by atoms with Crippen molar-refractivity contribution < 1.29 is 17.9 Å². The highest BCUT2D eigenvalue weighted by Crippen LogP contribution is 2.30. The number of aryl methyl sites for hydroxylation is 3. The lowest BCUT2D eigenvalue weighted by Crippen LogP contribution is -2.53. The number of rotatable bonds is 9. The van der Waals surface area contributed by atoms with E-state index in [-0.39, 0.29) is 16.9 Å². The van der Waals surface area contributed by atoms with E-state index >= 15 is 0 Å². The molecule has 3 heterocycles. The highest BCUT2D eigenvalue weighted by atomic mass is 32.2. The van der Waals surface area contributed by atoms with Crippen LogP contribution >= 0.6 is 0 Å². The first kappa shape index (κ1) is 25.7. The van der Waals surface area contributed by atoms with Crippen molar-refractivity contribution in [2.75, 3.05) is 24.9 Å². The first-order valence-electron chi connectivity index (χ1n) is 12.2. The molecule has 0 bridgehead atoms. The van der Waals surface area contributed by atoms with E-state index in [1.54, 1.807) is 20.2 Å². The summed E-state index contributed by atoms with van der Waals surface area (Å²) in [6, 6.07) is 15.7. The van der Waals surface area contributed by atoms with Gasteiger partial charge in [-0.25, -0.2) is 18.1 Å². The second kappa shape index (κ2) is 10.4. The van der Waals surface area contributed by atoms with E-state index in [4.69, 9.17) is 9.47 Å². The van der Waals surface area contributed by atoms with Crippen LogP contribution in [0.25, 0.3) is 11.3 Å². The molecule has 0 aliphatic carbocycles. The molecule has 2 aromatic carbocycles. The highest BCUT2D eigenvalue weighted by molar-refractivity contribution is 7.92. The molecule has 1 N–H and O–H groups in total. The molecular formula is C27H30N6O4S. The lowest BCUT2D eigenvalue weighted by molar-refractivity contribution is 0.0119. The van der Waals surface area contributed by atoms with Crippen molar-refractivity contribution in [2.45, 2.75) is 31.4 Å². The molecule has 0 amide bonds. The lowest BCUT2D eigenvalue weighted by Gasteiger charge is -2.38. The van der Waals surface area contributed by atoms with Crippen LogP contribution in [0.4, 0.5) is 5.95 Å².